The molecule has 138 valence electrons. The molecule has 1 amide bonds. The normalized spacial score (nSPS) is 22.6. The van der Waals surface area contributed by atoms with Gasteiger partial charge in [-0.2, -0.15) is 0 Å². The maximum Gasteiger partial charge on any atom is 0.237 e. The summed E-state index contributed by atoms with van der Waals surface area (Å²) in [5.41, 5.74) is 0.268. The molecule has 0 aromatic carbocycles. The zero-order valence-corrected chi connectivity index (χ0v) is 16.5. The van der Waals surface area contributed by atoms with Gasteiger partial charge in [-0.3, -0.25) is 9.69 Å². The molecule has 2 saturated heterocycles. The van der Waals surface area contributed by atoms with Gasteiger partial charge in [-0.15, -0.1) is 24.8 Å². The maximum absolute atomic E-state index is 12.7. The predicted molar refractivity (Wildman–Crippen MR) is 102 cm³/mol. The van der Waals surface area contributed by atoms with Crippen LogP contribution in [0.4, 0.5) is 0 Å². The summed E-state index contributed by atoms with van der Waals surface area (Å²) >= 11 is 0. The fourth-order valence-corrected chi connectivity index (χ4v) is 3.70. The van der Waals surface area contributed by atoms with Crippen LogP contribution in [-0.4, -0.2) is 49.6 Å². The first-order chi connectivity index (χ1) is 10.0. The molecule has 2 rings (SSSR count). The molecule has 0 radical (unpaired) electrons. The average molecular weight is 368 g/mol. The lowest BCUT2D eigenvalue weighted by molar-refractivity contribution is -0.129. The van der Waals surface area contributed by atoms with Gasteiger partial charge < -0.3 is 10.6 Å². The number of amides is 1. The number of rotatable bonds is 5. The Balaban J connectivity index is 0.00000242. The summed E-state index contributed by atoms with van der Waals surface area (Å²) in [5, 5.41) is 6.66. The molecule has 1 atom stereocenters. The quantitative estimate of drug-likeness (QED) is 0.784. The first kappa shape index (κ1) is 23.0. The van der Waals surface area contributed by atoms with Gasteiger partial charge in [0.15, 0.2) is 0 Å². The van der Waals surface area contributed by atoms with Crippen molar-refractivity contribution in [2.75, 3.05) is 32.7 Å². The van der Waals surface area contributed by atoms with Crippen LogP contribution in [0.2, 0.25) is 0 Å². The van der Waals surface area contributed by atoms with Crippen molar-refractivity contribution in [3.8, 4) is 0 Å². The molecule has 0 aromatic rings. The Bertz CT molecular complexity index is 341. The van der Waals surface area contributed by atoms with E-state index in [2.05, 4.69) is 36.3 Å². The van der Waals surface area contributed by atoms with E-state index in [9.17, 15) is 4.79 Å². The Morgan fingerprint density at radius 3 is 2.22 bits per heavy atom. The van der Waals surface area contributed by atoms with Gasteiger partial charge >= 0.3 is 0 Å². The van der Waals surface area contributed by atoms with Crippen molar-refractivity contribution in [2.45, 2.75) is 58.9 Å². The summed E-state index contributed by atoms with van der Waals surface area (Å²) in [6, 6.07) is 0.0515. The van der Waals surface area contributed by atoms with Crippen LogP contribution in [0.25, 0.3) is 0 Å². The lowest BCUT2D eigenvalue weighted by Crippen LogP contribution is -2.53. The number of carbonyl (C=O) groups is 1. The summed E-state index contributed by atoms with van der Waals surface area (Å²) in [6.45, 7) is 11.8. The van der Waals surface area contributed by atoms with Crippen molar-refractivity contribution in [2.24, 2.45) is 11.3 Å². The Kier molecular flexibility index (Phi) is 10.7. The average Bonchev–Trinajstić information content (AvgIpc) is 2.47. The van der Waals surface area contributed by atoms with Gasteiger partial charge in [0.2, 0.25) is 5.91 Å². The van der Waals surface area contributed by atoms with E-state index in [-0.39, 0.29) is 42.2 Å². The second kappa shape index (κ2) is 10.8. The molecule has 4 nitrogen and oxygen atoms in total. The summed E-state index contributed by atoms with van der Waals surface area (Å²) < 4.78 is 0. The van der Waals surface area contributed by atoms with Crippen molar-refractivity contribution >= 4 is 30.7 Å². The Labute approximate surface area is 154 Å². The SMILES string of the molecule is CC(C)C(C(=O)NCC1(C)CCNCC1)N1CCCCC1.Cl.Cl. The highest BCUT2D eigenvalue weighted by molar-refractivity contribution is 5.85. The molecule has 1 unspecified atom stereocenters. The van der Waals surface area contributed by atoms with Crippen molar-refractivity contribution in [1.29, 1.82) is 0 Å². The summed E-state index contributed by atoms with van der Waals surface area (Å²) in [4.78, 5) is 15.1. The molecule has 2 fully saturated rings. The van der Waals surface area contributed by atoms with Crippen molar-refractivity contribution < 1.29 is 4.79 Å². The third-order valence-electron chi connectivity index (χ3n) is 5.18. The lowest BCUT2D eigenvalue weighted by Gasteiger charge is -2.38. The predicted octanol–water partition coefficient (Wildman–Crippen LogP) is 2.85. The highest BCUT2D eigenvalue weighted by Gasteiger charge is 2.32. The fourth-order valence-electron chi connectivity index (χ4n) is 3.70. The van der Waals surface area contributed by atoms with Crippen LogP contribution < -0.4 is 10.6 Å². The zero-order valence-electron chi connectivity index (χ0n) is 14.9. The number of halogens is 2. The van der Waals surface area contributed by atoms with E-state index < -0.39 is 0 Å². The van der Waals surface area contributed by atoms with Gasteiger partial charge in [-0.05, 0) is 63.2 Å². The van der Waals surface area contributed by atoms with Gasteiger partial charge in [-0.1, -0.05) is 27.2 Å². The van der Waals surface area contributed by atoms with Crippen LogP contribution in [0.15, 0.2) is 0 Å². The molecule has 2 N–H and O–H groups in total. The molecule has 23 heavy (non-hydrogen) atoms. The van der Waals surface area contributed by atoms with Crippen LogP contribution in [0, 0.1) is 11.3 Å². The number of nitrogens with one attached hydrogen (secondary N) is 2. The number of hydrogen-bond donors (Lipinski definition) is 2. The molecule has 0 aliphatic carbocycles. The molecule has 2 heterocycles. The van der Waals surface area contributed by atoms with E-state index in [1.165, 1.54) is 19.3 Å². The Morgan fingerprint density at radius 2 is 1.70 bits per heavy atom. The number of hydrogen-bond acceptors (Lipinski definition) is 3. The number of piperidine rings is 2. The topological polar surface area (TPSA) is 44.4 Å². The van der Waals surface area contributed by atoms with Crippen LogP contribution in [0.1, 0.15) is 52.9 Å². The second-order valence-electron chi connectivity index (χ2n) is 7.56. The van der Waals surface area contributed by atoms with Crippen LogP contribution >= 0.6 is 24.8 Å². The number of carbonyl (C=O) groups excluding carboxylic acids is 1. The monoisotopic (exact) mass is 367 g/mol. The third-order valence-corrected chi connectivity index (χ3v) is 5.18. The van der Waals surface area contributed by atoms with E-state index in [4.69, 9.17) is 0 Å². The van der Waals surface area contributed by atoms with Crippen LogP contribution in [-0.2, 0) is 4.79 Å². The summed E-state index contributed by atoms with van der Waals surface area (Å²) in [7, 11) is 0. The van der Waals surface area contributed by atoms with E-state index in [1.807, 2.05) is 0 Å². The highest BCUT2D eigenvalue weighted by atomic mass is 35.5. The Morgan fingerprint density at radius 1 is 1.13 bits per heavy atom. The van der Waals surface area contributed by atoms with E-state index in [0.717, 1.165) is 45.6 Å². The van der Waals surface area contributed by atoms with Gasteiger partial charge in [0, 0.05) is 6.54 Å². The van der Waals surface area contributed by atoms with Crippen molar-refractivity contribution in [3.63, 3.8) is 0 Å². The Hall–Kier alpha value is -0.0300. The summed E-state index contributed by atoms with van der Waals surface area (Å²) in [6.07, 6.45) is 6.10. The lowest BCUT2D eigenvalue weighted by atomic mass is 9.81. The molecule has 6 heteroatoms. The largest absolute Gasteiger partial charge is 0.354 e. The summed E-state index contributed by atoms with van der Waals surface area (Å²) in [5.74, 6) is 0.621. The van der Waals surface area contributed by atoms with Crippen molar-refractivity contribution in [1.82, 2.24) is 15.5 Å². The smallest absolute Gasteiger partial charge is 0.237 e. The van der Waals surface area contributed by atoms with Gasteiger partial charge in [0.05, 0.1) is 6.04 Å². The van der Waals surface area contributed by atoms with Gasteiger partial charge in [-0.25, -0.2) is 0 Å². The highest BCUT2D eigenvalue weighted by Crippen LogP contribution is 2.27. The molecule has 0 saturated carbocycles. The second-order valence-corrected chi connectivity index (χ2v) is 7.56. The van der Waals surface area contributed by atoms with E-state index in [0.29, 0.717) is 5.92 Å². The molecule has 0 bridgehead atoms. The maximum atomic E-state index is 12.7. The molecular formula is C17H35Cl2N3O. The molecule has 2 aliphatic heterocycles. The third kappa shape index (κ3) is 6.77. The minimum absolute atomic E-state index is 0. The first-order valence-electron chi connectivity index (χ1n) is 8.74. The van der Waals surface area contributed by atoms with Crippen LogP contribution in [0.3, 0.4) is 0 Å². The molecule has 0 aromatic heterocycles. The minimum Gasteiger partial charge on any atom is -0.354 e. The standard InChI is InChI=1S/C17H33N3O.2ClH/c1-14(2)15(20-11-5-4-6-12-20)16(21)19-13-17(3)7-9-18-10-8-17;;/h14-15,18H,4-13H2,1-3H3,(H,19,21);2*1H. The van der Waals surface area contributed by atoms with Crippen LogP contribution in [0.5, 0.6) is 0 Å². The van der Waals surface area contributed by atoms with Gasteiger partial charge in [0.1, 0.15) is 0 Å². The van der Waals surface area contributed by atoms with Gasteiger partial charge in [0.25, 0.3) is 0 Å². The van der Waals surface area contributed by atoms with E-state index in [1.54, 1.807) is 0 Å². The number of nitrogens with zero attached hydrogens (tertiary/aromatic N) is 1. The fraction of sp³-hybridized carbons (Fsp3) is 0.941. The minimum atomic E-state index is 0. The molecule has 2 aliphatic rings. The van der Waals surface area contributed by atoms with E-state index >= 15 is 0 Å². The van der Waals surface area contributed by atoms with Crippen molar-refractivity contribution in [3.05, 3.63) is 0 Å². The first-order valence-corrected chi connectivity index (χ1v) is 8.74. The molecular weight excluding hydrogens is 333 g/mol. The number of likely N-dealkylation sites (tertiary alicyclic amines) is 1. The molecule has 0 spiro atoms. The zero-order chi connectivity index (χ0) is 15.3.